The molecule has 138 valence electrons. The van der Waals surface area contributed by atoms with Crippen molar-refractivity contribution in [3.05, 3.63) is 57.0 Å². The fourth-order valence-corrected chi connectivity index (χ4v) is 3.16. The number of anilines is 1. The van der Waals surface area contributed by atoms with E-state index in [-0.39, 0.29) is 11.6 Å². The van der Waals surface area contributed by atoms with Gasteiger partial charge >= 0.3 is 0 Å². The molecule has 0 unspecified atom stereocenters. The van der Waals surface area contributed by atoms with Gasteiger partial charge in [0.15, 0.2) is 0 Å². The number of nitriles is 1. The number of aliphatic hydroxyl groups is 1. The number of aromatic hydroxyl groups is 1. The highest BCUT2D eigenvalue weighted by Gasteiger charge is 2.25. The van der Waals surface area contributed by atoms with Gasteiger partial charge in [-0.15, -0.1) is 10.2 Å². The van der Waals surface area contributed by atoms with Gasteiger partial charge in [0.25, 0.3) is 0 Å². The Morgan fingerprint density at radius 3 is 2.52 bits per heavy atom. The van der Waals surface area contributed by atoms with Crippen LogP contribution in [0.1, 0.15) is 30.0 Å². The van der Waals surface area contributed by atoms with Gasteiger partial charge in [0.2, 0.25) is 11.8 Å². The van der Waals surface area contributed by atoms with Crippen LogP contribution in [0.3, 0.4) is 0 Å². The van der Waals surface area contributed by atoms with Gasteiger partial charge in [0.1, 0.15) is 17.9 Å². The molecular weight excluding hydrogens is 459 g/mol. The fraction of sp³-hybridized carbons (Fsp3) is 0.211. The zero-order valence-corrected chi connectivity index (χ0v) is 16.8. The van der Waals surface area contributed by atoms with Crippen molar-refractivity contribution >= 4 is 28.3 Å². The average Bonchev–Trinajstić information content (AvgIpc) is 3.13. The fourth-order valence-electron chi connectivity index (χ4n) is 2.56. The largest absolute Gasteiger partial charge is 0.508 e. The molecule has 27 heavy (non-hydrogen) atoms. The van der Waals surface area contributed by atoms with Gasteiger partial charge in [-0.2, -0.15) is 5.26 Å². The summed E-state index contributed by atoms with van der Waals surface area (Å²) in [7, 11) is 0. The van der Waals surface area contributed by atoms with Crippen LogP contribution in [-0.2, 0) is 0 Å². The standard InChI is InChI=1S/C19H17IN4O3/c1-10-15(8-5-13(9-21)16(10)20)22-17(11(2)25)19-24-23-18(27-19)12-3-6-14(26)7-4-12/h3-8,11,17,22,25-26H,1-2H3/t11-,17+/m0/s1. The number of halogens is 1. The van der Waals surface area contributed by atoms with Crippen LogP contribution in [0.25, 0.3) is 11.5 Å². The molecule has 2 aromatic carbocycles. The quantitative estimate of drug-likeness (QED) is 0.481. The molecule has 0 saturated heterocycles. The third kappa shape index (κ3) is 4.04. The molecule has 1 heterocycles. The molecule has 3 aromatic rings. The van der Waals surface area contributed by atoms with E-state index < -0.39 is 12.1 Å². The second-order valence-corrected chi connectivity index (χ2v) is 7.15. The third-order valence-corrected chi connectivity index (χ3v) is 5.51. The van der Waals surface area contributed by atoms with E-state index in [0.29, 0.717) is 17.0 Å². The van der Waals surface area contributed by atoms with Crippen LogP contribution in [0, 0.1) is 21.8 Å². The molecule has 0 fully saturated rings. The van der Waals surface area contributed by atoms with Crippen molar-refractivity contribution in [1.82, 2.24) is 10.2 Å². The third-order valence-electron chi connectivity index (χ3n) is 4.12. The molecule has 0 radical (unpaired) electrons. The van der Waals surface area contributed by atoms with Crippen molar-refractivity contribution in [2.24, 2.45) is 0 Å². The average molecular weight is 476 g/mol. The molecule has 0 aliphatic carbocycles. The van der Waals surface area contributed by atoms with Gasteiger partial charge in [0.05, 0.1) is 11.7 Å². The Labute approximate surface area is 169 Å². The van der Waals surface area contributed by atoms with E-state index in [9.17, 15) is 10.2 Å². The minimum absolute atomic E-state index is 0.146. The molecule has 8 heteroatoms. The first-order chi connectivity index (χ1) is 12.9. The first-order valence-electron chi connectivity index (χ1n) is 8.17. The lowest BCUT2D eigenvalue weighted by atomic mass is 10.1. The molecule has 0 saturated carbocycles. The summed E-state index contributed by atoms with van der Waals surface area (Å²) in [5.41, 5.74) is 2.94. The maximum absolute atomic E-state index is 10.2. The topological polar surface area (TPSA) is 115 Å². The molecule has 0 aliphatic rings. The molecular formula is C19H17IN4O3. The minimum Gasteiger partial charge on any atom is -0.508 e. The van der Waals surface area contributed by atoms with E-state index in [0.717, 1.165) is 14.8 Å². The maximum Gasteiger partial charge on any atom is 0.247 e. The zero-order valence-electron chi connectivity index (χ0n) is 14.6. The van der Waals surface area contributed by atoms with E-state index >= 15 is 0 Å². The van der Waals surface area contributed by atoms with Crippen LogP contribution in [-0.4, -0.2) is 26.5 Å². The number of nitrogens with one attached hydrogen (secondary N) is 1. The molecule has 0 aliphatic heterocycles. The number of hydrogen-bond donors (Lipinski definition) is 3. The summed E-state index contributed by atoms with van der Waals surface area (Å²) >= 11 is 2.13. The van der Waals surface area contributed by atoms with Gasteiger partial charge < -0.3 is 19.9 Å². The Morgan fingerprint density at radius 1 is 1.19 bits per heavy atom. The van der Waals surface area contributed by atoms with E-state index in [1.54, 1.807) is 31.2 Å². The molecule has 0 bridgehead atoms. The SMILES string of the molecule is Cc1c(N[C@@H](c2nnc(-c3ccc(O)cc3)o2)[C@H](C)O)ccc(C#N)c1I. The highest BCUT2D eigenvalue weighted by Crippen LogP contribution is 2.30. The number of aromatic nitrogens is 2. The number of nitrogens with zero attached hydrogens (tertiary/aromatic N) is 3. The highest BCUT2D eigenvalue weighted by molar-refractivity contribution is 14.1. The van der Waals surface area contributed by atoms with Crippen LogP contribution in [0.2, 0.25) is 0 Å². The Bertz CT molecular complexity index is 993. The first-order valence-corrected chi connectivity index (χ1v) is 9.25. The predicted molar refractivity (Wildman–Crippen MR) is 108 cm³/mol. The summed E-state index contributed by atoms with van der Waals surface area (Å²) in [6.07, 6.45) is -0.800. The van der Waals surface area contributed by atoms with E-state index in [4.69, 9.17) is 9.68 Å². The lowest BCUT2D eigenvalue weighted by molar-refractivity contribution is 0.159. The van der Waals surface area contributed by atoms with Crippen molar-refractivity contribution < 1.29 is 14.6 Å². The maximum atomic E-state index is 10.2. The van der Waals surface area contributed by atoms with E-state index in [1.807, 2.05) is 6.92 Å². The van der Waals surface area contributed by atoms with Crippen molar-refractivity contribution in [3.8, 4) is 23.3 Å². The van der Waals surface area contributed by atoms with Crippen molar-refractivity contribution in [2.45, 2.75) is 26.0 Å². The minimum atomic E-state index is -0.800. The highest BCUT2D eigenvalue weighted by atomic mass is 127. The number of phenols is 1. The summed E-state index contributed by atoms with van der Waals surface area (Å²) in [6.45, 7) is 3.53. The van der Waals surface area contributed by atoms with Crippen LogP contribution in [0.4, 0.5) is 5.69 Å². The second-order valence-electron chi connectivity index (χ2n) is 6.07. The first kappa shape index (κ1) is 19.1. The lowest BCUT2D eigenvalue weighted by Gasteiger charge is -2.21. The summed E-state index contributed by atoms with van der Waals surface area (Å²) in [5, 5.41) is 40.1. The summed E-state index contributed by atoms with van der Waals surface area (Å²) in [4.78, 5) is 0. The van der Waals surface area contributed by atoms with Crippen molar-refractivity contribution in [1.29, 1.82) is 5.26 Å². The number of benzene rings is 2. The van der Waals surface area contributed by atoms with Crippen molar-refractivity contribution in [3.63, 3.8) is 0 Å². The van der Waals surface area contributed by atoms with Crippen LogP contribution in [0.5, 0.6) is 5.75 Å². The lowest BCUT2D eigenvalue weighted by Crippen LogP contribution is -2.23. The van der Waals surface area contributed by atoms with Crippen LogP contribution in [0.15, 0.2) is 40.8 Å². The number of aliphatic hydroxyl groups excluding tert-OH is 1. The number of phenolic OH excluding ortho intramolecular Hbond substituents is 1. The van der Waals surface area contributed by atoms with Gasteiger partial charge in [0, 0.05) is 14.8 Å². The number of hydrogen-bond acceptors (Lipinski definition) is 7. The van der Waals surface area contributed by atoms with Crippen molar-refractivity contribution in [2.75, 3.05) is 5.32 Å². The monoisotopic (exact) mass is 476 g/mol. The van der Waals surface area contributed by atoms with E-state index in [1.165, 1.54) is 12.1 Å². The second kappa shape index (κ2) is 7.94. The molecule has 0 spiro atoms. The molecule has 0 amide bonds. The Kier molecular flexibility index (Phi) is 5.62. The van der Waals surface area contributed by atoms with Gasteiger partial charge in [-0.3, -0.25) is 0 Å². The van der Waals surface area contributed by atoms with Crippen LogP contribution < -0.4 is 5.32 Å². The predicted octanol–water partition coefficient (Wildman–Crippen LogP) is 3.76. The van der Waals surface area contributed by atoms with Crippen LogP contribution >= 0.6 is 22.6 Å². The summed E-state index contributed by atoms with van der Waals surface area (Å²) in [6, 6.07) is 11.5. The summed E-state index contributed by atoms with van der Waals surface area (Å²) < 4.78 is 6.59. The normalized spacial score (nSPS) is 13.0. The number of rotatable bonds is 5. The zero-order chi connectivity index (χ0) is 19.6. The Balaban J connectivity index is 1.90. The smallest absolute Gasteiger partial charge is 0.247 e. The van der Waals surface area contributed by atoms with Gasteiger partial charge in [-0.25, -0.2) is 0 Å². The van der Waals surface area contributed by atoms with Gasteiger partial charge in [-0.05, 0) is 78.4 Å². The molecule has 2 atom stereocenters. The van der Waals surface area contributed by atoms with E-state index in [2.05, 4.69) is 44.2 Å². The summed E-state index contributed by atoms with van der Waals surface area (Å²) in [5.74, 6) is 0.684. The molecule has 7 nitrogen and oxygen atoms in total. The Morgan fingerprint density at radius 2 is 1.89 bits per heavy atom. The van der Waals surface area contributed by atoms with Gasteiger partial charge in [-0.1, -0.05) is 0 Å². The molecule has 3 N–H and O–H groups in total. The molecule has 1 aromatic heterocycles. The Hall–Kier alpha value is -2.64. The molecule has 3 rings (SSSR count).